The van der Waals surface area contributed by atoms with Crippen LogP contribution in [0.3, 0.4) is 0 Å². The van der Waals surface area contributed by atoms with E-state index >= 15 is 0 Å². The molecule has 5 heteroatoms. The molecule has 0 N–H and O–H groups in total. The minimum absolute atomic E-state index is 0.00917. The van der Waals surface area contributed by atoms with Crippen molar-refractivity contribution in [1.29, 1.82) is 0 Å². The van der Waals surface area contributed by atoms with Gasteiger partial charge in [-0.1, -0.05) is 23.7 Å². The van der Waals surface area contributed by atoms with Crippen molar-refractivity contribution >= 4 is 17.4 Å². The predicted molar refractivity (Wildman–Crippen MR) is 74.6 cm³/mol. The van der Waals surface area contributed by atoms with Crippen LogP contribution >= 0.6 is 11.6 Å². The summed E-state index contributed by atoms with van der Waals surface area (Å²) >= 11 is 6.04. The van der Waals surface area contributed by atoms with Gasteiger partial charge in [0.05, 0.1) is 6.42 Å². The van der Waals surface area contributed by atoms with Crippen LogP contribution in [0.1, 0.15) is 41.6 Å². The highest BCUT2D eigenvalue weighted by molar-refractivity contribution is 6.31. The zero-order valence-corrected chi connectivity index (χ0v) is 12.0. The Morgan fingerprint density at radius 3 is 2.84 bits per heavy atom. The summed E-state index contributed by atoms with van der Waals surface area (Å²) in [6.45, 7) is 5.86. The Hall–Kier alpha value is -1.68. The van der Waals surface area contributed by atoms with E-state index in [9.17, 15) is 4.79 Å². The minimum Gasteiger partial charge on any atom is -0.294 e. The van der Waals surface area contributed by atoms with Gasteiger partial charge in [-0.15, -0.1) is 0 Å². The zero-order valence-electron chi connectivity index (χ0n) is 11.2. The van der Waals surface area contributed by atoms with Crippen molar-refractivity contribution in [2.24, 2.45) is 0 Å². The fourth-order valence-electron chi connectivity index (χ4n) is 1.98. The number of nitrogens with zero attached hydrogens (tertiary/aromatic N) is 3. The van der Waals surface area contributed by atoms with Crippen molar-refractivity contribution in [2.45, 2.75) is 33.2 Å². The number of ketones is 1. The molecule has 0 unspecified atom stereocenters. The minimum atomic E-state index is 0.00917. The second kappa shape index (κ2) is 5.53. The van der Waals surface area contributed by atoms with Gasteiger partial charge in [0.25, 0.3) is 0 Å². The van der Waals surface area contributed by atoms with Crippen molar-refractivity contribution < 1.29 is 4.79 Å². The molecule has 0 radical (unpaired) electrons. The summed E-state index contributed by atoms with van der Waals surface area (Å²) in [5.74, 6) is 0.689. The van der Waals surface area contributed by atoms with Gasteiger partial charge in [0, 0.05) is 16.6 Å². The molecule has 0 bridgehead atoms. The Kier molecular flexibility index (Phi) is 4.00. The van der Waals surface area contributed by atoms with E-state index in [-0.39, 0.29) is 18.2 Å². The van der Waals surface area contributed by atoms with Gasteiger partial charge >= 0.3 is 0 Å². The standard InChI is InChI=1S/C14H16ClN3O/c1-9(2)18-14(16-8-17-18)7-13(19)11-5-4-6-12(15)10(11)3/h4-6,8-9H,7H2,1-3H3. The second-order valence-electron chi connectivity index (χ2n) is 4.73. The first-order valence-corrected chi connectivity index (χ1v) is 6.55. The van der Waals surface area contributed by atoms with Crippen LogP contribution in [0.25, 0.3) is 0 Å². The second-order valence-corrected chi connectivity index (χ2v) is 5.13. The molecule has 0 aliphatic carbocycles. The van der Waals surface area contributed by atoms with Gasteiger partial charge < -0.3 is 0 Å². The molecule has 1 aromatic carbocycles. The summed E-state index contributed by atoms with van der Waals surface area (Å²) in [6, 6.07) is 5.55. The topological polar surface area (TPSA) is 47.8 Å². The molecule has 0 spiro atoms. The van der Waals surface area contributed by atoms with Gasteiger partial charge in [-0.3, -0.25) is 4.79 Å². The Labute approximate surface area is 117 Å². The summed E-state index contributed by atoms with van der Waals surface area (Å²) in [5.41, 5.74) is 1.45. The largest absolute Gasteiger partial charge is 0.294 e. The number of rotatable bonds is 4. The highest BCUT2D eigenvalue weighted by Gasteiger charge is 2.16. The first-order chi connectivity index (χ1) is 9.00. The first-order valence-electron chi connectivity index (χ1n) is 6.17. The number of aromatic nitrogens is 3. The average Bonchev–Trinajstić information content (AvgIpc) is 2.80. The summed E-state index contributed by atoms with van der Waals surface area (Å²) in [4.78, 5) is 16.5. The smallest absolute Gasteiger partial charge is 0.170 e. The number of hydrogen-bond donors (Lipinski definition) is 0. The molecule has 19 heavy (non-hydrogen) atoms. The highest BCUT2D eigenvalue weighted by Crippen LogP contribution is 2.20. The molecule has 0 saturated heterocycles. The lowest BCUT2D eigenvalue weighted by Gasteiger charge is -2.10. The lowest BCUT2D eigenvalue weighted by Crippen LogP contribution is -2.14. The van der Waals surface area contributed by atoms with Crippen molar-refractivity contribution in [3.8, 4) is 0 Å². The quantitative estimate of drug-likeness (QED) is 0.806. The van der Waals surface area contributed by atoms with Crippen LogP contribution in [0.4, 0.5) is 0 Å². The Bertz CT molecular complexity index is 604. The number of halogens is 1. The predicted octanol–water partition coefficient (Wildman–Crippen LogP) is 3.25. The average molecular weight is 278 g/mol. The molecule has 0 aliphatic heterocycles. The monoisotopic (exact) mass is 277 g/mol. The van der Waals surface area contributed by atoms with Crippen LogP contribution in [0.15, 0.2) is 24.5 Å². The number of carbonyl (C=O) groups is 1. The van der Waals surface area contributed by atoms with Gasteiger partial charge in [-0.2, -0.15) is 5.10 Å². The molecule has 2 aromatic rings. The van der Waals surface area contributed by atoms with Crippen LogP contribution in [0, 0.1) is 6.92 Å². The molecule has 0 aliphatic rings. The van der Waals surface area contributed by atoms with E-state index in [1.165, 1.54) is 6.33 Å². The van der Waals surface area contributed by atoms with Gasteiger partial charge in [0.1, 0.15) is 12.2 Å². The molecular weight excluding hydrogens is 262 g/mol. The molecular formula is C14H16ClN3O. The lowest BCUT2D eigenvalue weighted by atomic mass is 10.0. The van der Waals surface area contributed by atoms with Crippen LogP contribution in [0.5, 0.6) is 0 Å². The molecule has 4 nitrogen and oxygen atoms in total. The lowest BCUT2D eigenvalue weighted by molar-refractivity contribution is 0.0988. The Morgan fingerprint density at radius 2 is 2.16 bits per heavy atom. The van der Waals surface area contributed by atoms with Gasteiger partial charge in [-0.05, 0) is 32.4 Å². The van der Waals surface area contributed by atoms with Gasteiger partial charge in [0.15, 0.2) is 5.78 Å². The van der Waals surface area contributed by atoms with Crippen molar-refractivity contribution in [2.75, 3.05) is 0 Å². The summed E-state index contributed by atoms with van der Waals surface area (Å²) in [5, 5.41) is 4.74. The van der Waals surface area contributed by atoms with E-state index in [4.69, 9.17) is 11.6 Å². The van der Waals surface area contributed by atoms with E-state index < -0.39 is 0 Å². The molecule has 1 heterocycles. The van der Waals surface area contributed by atoms with E-state index in [0.29, 0.717) is 16.4 Å². The fraction of sp³-hybridized carbons (Fsp3) is 0.357. The number of Topliss-reactive ketones (excluding diaryl/α,β-unsaturated/α-hetero) is 1. The first kappa shape index (κ1) is 13.7. The highest BCUT2D eigenvalue weighted by atomic mass is 35.5. The third-order valence-electron chi connectivity index (χ3n) is 3.02. The normalized spacial score (nSPS) is 11.0. The van der Waals surface area contributed by atoms with E-state index in [1.54, 1.807) is 22.9 Å². The van der Waals surface area contributed by atoms with E-state index in [1.807, 2.05) is 20.8 Å². The molecule has 2 rings (SSSR count). The maximum atomic E-state index is 12.3. The molecule has 1 aromatic heterocycles. The number of carbonyl (C=O) groups excluding carboxylic acids is 1. The molecule has 0 amide bonds. The molecule has 0 fully saturated rings. The fourth-order valence-corrected chi connectivity index (χ4v) is 2.15. The van der Waals surface area contributed by atoms with Crippen LogP contribution < -0.4 is 0 Å². The Balaban J connectivity index is 2.26. The SMILES string of the molecule is Cc1c(Cl)cccc1C(=O)Cc1ncnn1C(C)C. The Morgan fingerprint density at radius 1 is 1.42 bits per heavy atom. The van der Waals surface area contributed by atoms with Crippen molar-refractivity contribution in [3.63, 3.8) is 0 Å². The third-order valence-corrected chi connectivity index (χ3v) is 3.43. The summed E-state index contributed by atoms with van der Waals surface area (Å²) < 4.78 is 1.76. The van der Waals surface area contributed by atoms with Crippen LogP contribution in [0.2, 0.25) is 5.02 Å². The number of hydrogen-bond acceptors (Lipinski definition) is 3. The summed E-state index contributed by atoms with van der Waals surface area (Å²) in [7, 11) is 0. The van der Waals surface area contributed by atoms with Crippen LogP contribution in [-0.4, -0.2) is 20.5 Å². The van der Waals surface area contributed by atoms with Gasteiger partial charge in [-0.25, -0.2) is 9.67 Å². The molecule has 0 atom stereocenters. The zero-order chi connectivity index (χ0) is 14.0. The maximum Gasteiger partial charge on any atom is 0.170 e. The molecule has 100 valence electrons. The van der Waals surface area contributed by atoms with E-state index in [0.717, 1.165) is 5.56 Å². The molecule has 0 saturated carbocycles. The van der Waals surface area contributed by atoms with Crippen molar-refractivity contribution in [3.05, 3.63) is 46.5 Å². The maximum absolute atomic E-state index is 12.3. The summed E-state index contributed by atoms with van der Waals surface area (Å²) in [6.07, 6.45) is 1.72. The third kappa shape index (κ3) is 2.84. The number of benzene rings is 1. The van der Waals surface area contributed by atoms with Gasteiger partial charge in [0.2, 0.25) is 0 Å². The van der Waals surface area contributed by atoms with Crippen LogP contribution in [-0.2, 0) is 6.42 Å². The van der Waals surface area contributed by atoms with Crippen molar-refractivity contribution in [1.82, 2.24) is 14.8 Å². The van der Waals surface area contributed by atoms with E-state index in [2.05, 4.69) is 10.1 Å².